The Kier molecular flexibility index (Phi) is 3.66. The average Bonchev–Trinajstić information content (AvgIpc) is 2.91. The molecule has 2 aromatic heterocycles. The zero-order valence-corrected chi connectivity index (χ0v) is 9.26. The third-order valence-corrected chi connectivity index (χ3v) is 2.24. The van der Waals surface area contributed by atoms with Crippen molar-refractivity contribution in [3.63, 3.8) is 0 Å². The topological polar surface area (TPSA) is 68.8 Å². The van der Waals surface area contributed by atoms with E-state index in [1.54, 1.807) is 0 Å². The molecule has 0 radical (unpaired) electrons. The van der Waals surface area contributed by atoms with Crippen LogP contribution in [0.5, 0.6) is 0 Å². The standard InChI is InChI=1S/C10H15N5O/c1-2-4-15-5-3-12-10(15)7-11-6-9-13-8-16-14-9/h3,5,8,11H,2,4,6-7H2,1H3. The van der Waals surface area contributed by atoms with E-state index >= 15 is 0 Å². The molecule has 0 aliphatic rings. The lowest BCUT2D eigenvalue weighted by molar-refractivity contribution is 0.406. The van der Waals surface area contributed by atoms with Gasteiger partial charge in [-0.25, -0.2) is 4.98 Å². The lowest BCUT2D eigenvalue weighted by Gasteiger charge is -2.06. The van der Waals surface area contributed by atoms with Gasteiger partial charge < -0.3 is 14.4 Å². The van der Waals surface area contributed by atoms with Crippen molar-refractivity contribution in [3.05, 3.63) is 30.4 Å². The first-order valence-electron chi connectivity index (χ1n) is 5.36. The van der Waals surface area contributed by atoms with Crippen LogP contribution in [-0.4, -0.2) is 19.7 Å². The molecule has 6 heteroatoms. The van der Waals surface area contributed by atoms with E-state index < -0.39 is 0 Å². The van der Waals surface area contributed by atoms with Crippen LogP contribution in [0.4, 0.5) is 0 Å². The fraction of sp³-hybridized carbons (Fsp3) is 0.500. The van der Waals surface area contributed by atoms with Gasteiger partial charge in [-0.2, -0.15) is 4.98 Å². The van der Waals surface area contributed by atoms with E-state index in [1.807, 2.05) is 12.4 Å². The van der Waals surface area contributed by atoms with E-state index in [-0.39, 0.29) is 0 Å². The molecule has 86 valence electrons. The summed E-state index contributed by atoms with van der Waals surface area (Å²) in [5, 5.41) is 6.94. The van der Waals surface area contributed by atoms with Crippen LogP contribution in [0.2, 0.25) is 0 Å². The maximum Gasteiger partial charge on any atom is 0.213 e. The third-order valence-electron chi connectivity index (χ3n) is 2.24. The van der Waals surface area contributed by atoms with Crippen LogP contribution >= 0.6 is 0 Å². The first-order chi connectivity index (χ1) is 7.90. The summed E-state index contributed by atoms with van der Waals surface area (Å²) in [7, 11) is 0. The summed E-state index contributed by atoms with van der Waals surface area (Å²) in [6.45, 7) is 4.45. The summed E-state index contributed by atoms with van der Waals surface area (Å²) in [5.74, 6) is 1.69. The second-order valence-electron chi connectivity index (χ2n) is 3.49. The molecule has 0 amide bonds. The molecule has 0 atom stereocenters. The molecule has 2 aromatic rings. The van der Waals surface area contributed by atoms with Gasteiger partial charge in [0.25, 0.3) is 0 Å². The van der Waals surface area contributed by atoms with E-state index in [1.165, 1.54) is 6.39 Å². The molecule has 0 saturated heterocycles. The minimum atomic E-state index is 0.593. The largest absolute Gasteiger partial charge is 0.343 e. The highest BCUT2D eigenvalue weighted by Gasteiger charge is 2.02. The number of rotatable bonds is 6. The van der Waals surface area contributed by atoms with Crippen LogP contribution < -0.4 is 5.32 Å². The Labute approximate surface area is 93.7 Å². The highest BCUT2D eigenvalue weighted by molar-refractivity contribution is 4.92. The van der Waals surface area contributed by atoms with Crippen molar-refractivity contribution < 1.29 is 4.52 Å². The van der Waals surface area contributed by atoms with E-state index in [4.69, 9.17) is 0 Å². The molecule has 0 aromatic carbocycles. The summed E-state index contributed by atoms with van der Waals surface area (Å²) in [6.07, 6.45) is 6.25. The van der Waals surface area contributed by atoms with Gasteiger partial charge in [-0.3, -0.25) is 0 Å². The molecule has 1 N–H and O–H groups in total. The van der Waals surface area contributed by atoms with E-state index in [9.17, 15) is 0 Å². The van der Waals surface area contributed by atoms with Crippen molar-refractivity contribution in [2.75, 3.05) is 0 Å². The zero-order chi connectivity index (χ0) is 11.2. The van der Waals surface area contributed by atoms with Gasteiger partial charge in [-0.15, -0.1) is 0 Å². The first kappa shape index (κ1) is 10.8. The van der Waals surface area contributed by atoms with Crippen LogP contribution in [0.1, 0.15) is 25.0 Å². The molecular formula is C10H15N5O. The van der Waals surface area contributed by atoms with Crippen LogP contribution in [-0.2, 0) is 19.6 Å². The van der Waals surface area contributed by atoms with Crippen molar-refractivity contribution in [3.8, 4) is 0 Å². The predicted octanol–water partition coefficient (Wildman–Crippen LogP) is 0.966. The zero-order valence-electron chi connectivity index (χ0n) is 9.26. The summed E-state index contributed by atoms with van der Waals surface area (Å²) in [5.41, 5.74) is 0. The Balaban J connectivity index is 1.82. The highest BCUT2D eigenvalue weighted by Crippen LogP contribution is 1.99. The number of imidazole rings is 1. The van der Waals surface area contributed by atoms with Crippen molar-refractivity contribution in [2.45, 2.75) is 33.0 Å². The van der Waals surface area contributed by atoms with E-state index in [2.05, 4.69) is 36.5 Å². The second kappa shape index (κ2) is 5.41. The normalized spacial score (nSPS) is 10.8. The number of hydrogen-bond acceptors (Lipinski definition) is 5. The Morgan fingerprint density at radius 2 is 2.31 bits per heavy atom. The van der Waals surface area contributed by atoms with Gasteiger partial charge in [0.05, 0.1) is 13.1 Å². The monoisotopic (exact) mass is 221 g/mol. The van der Waals surface area contributed by atoms with Crippen molar-refractivity contribution in [1.29, 1.82) is 0 Å². The Morgan fingerprint density at radius 1 is 1.38 bits per heavy atom. The number of nitrogens with one attached hydrogen (secondary N) is 1. The molecule has 2 heterocycles. The molecule has 0 unspecified atom stereocenters. The predicted molar refractivity (Wildman–Crippen MR) is 57.4 cm³/mol. The second-order valence-corrected chi connectivity index (χ2v) is 3.49. The SMILES string of the molecule is CCCn1ccnc1CNCc1ncon1. The van der Waals surface area contributed by atoms with Crippen LogP contribution in [0.15, 0.2) is 23.3 Å². The van der Waals surface area contributed by atoms with E-state index in [0.29, 0.717) is 18.9 Å². The average molecular weight is 221 g/mol. The maximum atomic E-state index is 4.64. The van der Waals surface area contributed by atoms with Crippen molar-refractivity contribution >= 4 is 0 Å². The summed E-state index contributed by atoms with van der Waals surface area (Å²) < 4.78 is 6.78. The molecule has 0 aliphatic heterocycles. The highest BCUT2D eigenvalue weighted by atomic mass is 16.5. The fourth-order valence-electron chi connectivity index (χ4n) is 1.51. The van der Waals surface area contributed by atoms with Gasteiger partial charge in [-0.05, 0) is 6.42 Å². The lowest BCUT2D eigenvalue weighted by atomic mass is 10.4. The quantitative estimate of drug-likeness (QED) is 0.787. The number of aromatic nitrogens is 4. The third kappa shape index (κ3) is 2.66. The molecule has 0 bridgehead atoms. The van der Waals surface area contributed by atoms with Gasteiger partial charge in [0.1, 0.15) is 5.82 Å². The Bertz CT molecular complexity index is 409. The number of hydrogen-bond donors (Lipinski definition) is 1. The van der Waals surface area contributed by atoms with Crippen molar-refractivity contribution in [1.82, 2.24) is 25.0 Å². The maximum absolute atomic E-state index is 4.64. The van der Waals surface area contributed by atoms with Crippen LogP contribution in [0, 0.1) is 0 Å². The van der Waals surface area contributed by atoms with Gasteiger partial charge in [0.2, 0.25) is 6.39 Å². The minimum absolute atomic E-state index is 0.593. The lowest BCUT2D eigenvalue weighted by Crippen LogP contribution is -2.17. The molecule has 6 nitrogen and oxygen atoms in total. The van der Waals surface area contributed by atoms with Gasteiger partial charge >= 0.3 is 0 Å². The van der Waals surface area contributed by atoms with E-state index in [0.717, 1.165) is 18.8 Å². The molecule has 0 aliphatic carbocycles. The van der Waals surface area contributed by atoms with Gasteiger partial charge in [-0.1, -0.05) is 12.1 Å². The summed E-state index contributed by atoms with van der Waals surface area (Å²) >= 11 is 0. The molecule has 16 heavy (non-hydrogen) atoms. The number of nitrogens with zero attached hydrogens (tertiary/aromatic N) is 4. The van der Waals surface area contributed by atoms with Crippen molar-refractivity contribution in [2.24, 2.45) is 0 Å². The smallest absolute Gasteiger partial charge is 0.213 e. The van der Waals surface area contributed by atoms with Gasteiger partial charge in [0, 0.05) is 18.9 Å². The van der Waals surface area contributed by atoms with Crippen LogP contribution in [0.3, 0.4) is 0 Å². The van der Waals surface area contributed by atoms with Gasteiger partial charge in [0.15, 0.2) is 5.82 Å². The Hall–Kier alpha value is -1.69. The molecule has 2 rings (SSSR count). The molecule has 0 spiro atoms. The van der Waals surface area contributed by atoms with Crippen LogP contribution in [0.25, 0.3) is 0 Å². The molecule has 0 fully saturated rings. The number of aryl methyl sites for hydroxylation is 1. The molecule has 0 saturated carbocycles. The Morgan fingerprint density at radius 3 is 3.06 bits per heavy atom. The molecular weight excluding hydrogens is 206 g/mol. The first-order valence-corrected chi connectivity index (χ1v) is 5.36. The summed E-state index contributed by atoms with van der Waals surface area (Å²) in [4.78, 5) is 8.22. The fourth-order valence-corrected chi connectivity index (χ4v) is 1.51. The summed E-state index contributed by atoms with van der Waals surface area (Å²) in [6, 6.07) is 0. The minimum Gasteiger partial charge on any atom is -0.343 e.